The third-order valence-corrected chi connectivity index (χ3v) is 2.93. The van der Waals surface area contributed by atoms with Gasteiger partial charge >= 0.3 is 0 Å². The first-order chi connectivity index (χ1) is 10.2. The molecule has 0 aliphatic carbocycles. The smallest absolute Gasteiger partial charge is 0.185 e. The average molecular weight is 282 g/mol. The maximum atomic E-state index is 9.08. The fourth-order valence-corrected chi connectivity index (χ4v) is 2.00. The molecule has 5 heteroatoms. The van der Waals surface area contributed by atoms with Crippen LogP contribution < -0.4 is 4.74 Å². The molecule has 2 rings (SSSR count). The minimum Gasteiger partial charge on any atom is -0.494 e. The third kappa shape index (κ3) is 4.18. The zero-order valence-electron chi connectivity index (χ0n) is 12.1. The summed E-state index contributed by atoms with van der Waals surface area (Å²) in [5, 5.41) is 17.0. The summed E-state index contributed by atoms with van der Waals surface area (Å²) in [6.45, 7) is 6.97. The first kappa shape index (κ1) is 14.8. The summed E-state index contributed by atoms with van der Waals surface area (Å²) in [6.07, 6.45) is 1.50. The quantitative estimate of drug-likeness (QED) is 0.578. The Morgan fingerprint density at radius 2 is 2.14 bits per heavy atom. The summed E-state index contributed by atoms with van der Waals surface area (Å²) in [6, 6.07) is 11.8. The van der Waals surface area contributed by atoms with Gasteiger partial charge in [-0.2, -0.15) is 5.26 Å². The molecule has 2 aromatic rings. The maximum absolute atomic E-state index is 9.08. The Morgan fingerprint density at radius 1 is 1.38 bits per heavy atom. The molecule has 0 fully saturated rings. The number of para-hydroxylation sites is 1. The molecule has 5 nitrogen and oxygen atoms in total. The number of hydrogen-bond donors (Lipinski definition) is 0. The van der Waals surface area contributed by atoms with Crippen LogP contribution in [-0.4, -0.2) is 21.6 Å². The molecule has 1 heterocycles. The predicted octanol–water partition coefficient (Wildman–Crippen LogP) is 2.74. The molecule has 0 radical (unpaired) electrons. The van der Waals surface area contributed by atoms with E-state index < -0.39 is 0 Å². The lowest BCUT2D eigenvalue weighted by Crippen LogP contribution is -2.08. The van der Waals surface area contributed by atoms with Crippen molar-refractivity contribution >= 4 is 0 Å². The zero-order chi connectivity index (χ0) is 15.1. The van der Waals surface area contributed by atoms with Crippen molar-refractivity contribution in [3.05, 3.63) is 53.9 Å². The normalized spacial score (nSPS) is 10.1. The number of ether oxygens (including phenoxy) is 1. The van der Waals surface area contributed by atoms with Crippen molar-refractivity contribution in [2.24, 2.45) is 0 Å². The molecule has 0 aliphatic heterocycles. The van der Waals surface area contributed by atoms with Crippen molar-refractivity contribution < 1.29 is 4.74 Å². The van der Waals surface area contributed by atoms with Crippen LogP contribution in [0.2, 0.25) is 0 Å². The second kappa shape index (κ2) is 7.25. The molecule has 1 aromatic carbocycles. The number of nitriles is 1. The van der Waals surface area contributed by atoms with Gasteiger partial charge in [0.2, 0.25) is 0 Å². The second-order valence-electron chi connectivity index (χ2n) is 4.88. The van der Waals surface area contributed by atoms with Crippen LogP contribution in [0.5, 0.6) is 5.75 Å². The van der Waals surface area contributed by atoms with Crippen LogP contribution in [0.3, 0.4) is 0 Å². The van der Waals surface area contributed by atoms with Gasteiger partial charge in [-0.25, -0.2) is 4.68 Å². The highest BCUT2D eigenvalue weighted by atomic mass is 16.5. The fraction of sp³-hybridized carbons (Fsp3) is 0.312. The summed E-state index contributed by atoms with van der Waals surface area (Å²) >= 11 is 0. The minimum absolute atomic E-state index is 0.385. The third-order valence-electron chi connectivity index (χ3n) is 2.93. The number of benzene rings is 1. The van der Waals surface area contributed by atoms with Gasteiger partial charge in [0.05, 0.1) is 18.8 Å². The number of rotatable bonds is 7. The molecule has 0 spiro atoms. The van der Waals surface area contributed by atoms with Crippen LogP contribution in [-0.2, 0) is 13.0 Å². The Bertz CT molecular complexity index is 640. The number of nitrogens with zero attached hydrogens (tertiary/aromatic N) is 4. The summed E-state index contributed by atoms with van der Waals surface area (Å²) in [5.74, 6) is 0.853. The molecule has 108 valence electrons. The lowest BCUT2D eigenvalue weighted by atomic mass is 10.2. The van der Waals surface area contributed by atoms with E-state index in [-0.39, 0.29) is 0 Å². The molecule has 0 aliphatic rings. The molecule has 21 heavy (non-hydrogen) atoms. The van der Waals surface area contributed by atoms with E-state index in [0.29, 0.717) is 25.3 Å². The Morgan fingerprint density at radius 3 is 2.81 bits per heavy atom. The first-order valence-electron chi connectivity index (χ1n) is 6.85. The highest BCUT2D eigenvalue weighted by Gasteiger charge is 2.12. The van der Waals surface area contributed by atoms with E-state index in [1.807, 2.05) is 37.3 Å². The van der Waals surface area contributed by atoms with Crippen molar-refractivity contribution in [2.75, 3.05) is 6.61 Å². The van der Waals surface area contributed by atoms with Crippen LogP contribution in [0.1, 0.15) is 24.7 Å². The van der Waals surface area contributed by atoms with Gasteiger partial charge in [0.15, 0.2) is 5.69 Å². The summed E-state index contributed by atoms with van der Waals surface area (Å²) in [7, 11) is 0. The van der Waals surface area contributed by atoms with E-state index in [1.54, 1.807) is 4.68 Å². The van der Waals surface area contributed by atoms with Gasteiger partial charge in [-0.05, 0) is 31.9 Å². The van der Waals surface area contributed by atoms with Crippen molar-refractivity contribution in [3.63, 3.8) is 0 Å². The van der Waals surface area contributed by atoms with E-state index in [1.165, 1.54) is 0 Å². The van der Waals surface area contributed by atoms with Gasteiger partial charge in [0, 0.05) is 0 Å². The first-order valence-corrected chi connectivity index (χ1v) is 6.85. The number of aromatic nitrogens is 3. The van der Waals surface area contributed by atoms with Crippen LogP contribution in [0.25, 0.3) is 0 Å². The van der Waals surface area contributed by atoms with Crippen LogP contribution in [0, 0.1) is 11.3 Å². The van der Waals surface area contributed by atoms with Crippen LogP contribution >= 0.6 is 0 Å². The van der Waals surface area contributed by atoms with Crippen molar-refractivity contribution in [2.45, 2.75) is 26.3 Å². The van der Waals surface area contributed by atoms with Gasteiger partial charge in [-0.15, -0.1) is 5.10 Å². The summed E-state index contributed by atoms with van der Waals surface area (Å²) in [4.78, 5) is 0. The predicted molar refractivity (Wildman–Crippen MR) is 79.8 cm³/mol. The molecule has 0 bridgehead atoms. The molecule has 0 unspecified atom stereocenters. The number of hydrogen-bond acceptors (Lipinski definition) is 4. The molecule has 0 N–H and O–H groups in total. The molecule has 1 aromatic heterocycles. The topological polar surface area (TPSA) is 63.7 Å². The lowest BCUT2D eigenvalue weighted by Gasteiger charge is -2.08. The van der Waals surface area contributed by atoms with Gasteiger partial charge in [-0.3, -0.25) is 0 Å². The molecular weight excluding hydrogens is 264 g/mol. The Hall–Kier alpha value is -2.61. The fourth-order valence-electron chi connectivity index (χ4n) is 2.00. The highest BCUT2D eigenvalue weighted by Crippen LogP contribution is 2.12. The summed E-state index contributed by atoms with van der Waals surface area (Å²) in [5.41, 5.74) is 2.21. The van der Waals surface area contributed by atoms with Crippen molar-refractivity contribution in [1.29, 1.82) is 5.26 Å². The molecular formula is C16H18N4O. The molecule has 0 amide bonds. The van der Waals surface area contributed by atoms with Crippen molar-refractivity contribution in [3.8, 4) is 11.8 Å². The Balaban J connectivity index is 1.91. The molecule has 0 saturated heterocycles. The SMILES string of the molecule is C=C(C)Cn1nnc(C#N)c1CCCOc1ccccc1. The van der Waals surface area contributed by atoms with Gasteiger partial charge in [0.1, 0.15) is 11.8 Å². The van der Waals surface area contributed by atoms with E-state index in [4.69, 9.17) is 10.00 Å². The van der Waals surface area contributed by atoms with E-state index in [2.05, 4.69) is 23.0 Å². The standard InChI is InChI=1S/C16H18N4O/c1-13(2)12-20-16(15(11-17)18-19-20)9-6-10-21-14-7-4-3-5-8-14/h3-5,7-8H,1,6,9-10,12H2,2H3. The average Bonchev–Trinajstić information content (AvgIpc) is 2.86. The zero-order valence-corrected chi connectivity index (χ0v) is 12.1. The highest BCUT2D eigenvalue weighted by molar-refractivity contribution is 5.25. The largest absolute Gasteiger partial charge is 0.494 e. The van der Waals surface area contributed by atoms with E-state index in [0.717, 1.165) is 23.4 Å². The lowest BCUT2D eigenvalue weighted by molar-refractivity contribution is 0.309. The van der Waals surface area contributed by atoms with E-state index >= 15 is 0 Å². The van der Waals surface area contributed by atoms with Gasteiger partial charge in [-0.1, -0.05) is 35.6 Å². The Kier molecular flexibility index (Phi) is 5.10. The molecule has 0 saturated carbocycles. The Labute approximate surface area is 124 Å². The summed E-state index contributed by atoms with van der Waals surface area (Å²) < 4.78 is 7.39. The monoisotopic (exact) mass is 282 g/mol. The van der Waals surface area contributed by atoms with Crippen LogP contribution in [0.4, 0.5) is 0 Å². The van der Waals surface area contributed by atoms with Gasteiger partial charge in [0.25, 0.3) is 0 Å². The van der Waals surface area contributed by atoms with Crippen molar-refractivity contribution in [1.82, 2.24) is 15.0 Å². The van der Waals surface area contributed by atoms with Crippen LogP contribution in [0.15, 0.2) is 42.5 Å². The maximum Gasteiger partial charge on any atom is 0.185 e. The second-order valence-corrected chi connectivity index (χ2v) is 4.88. The minimum atomic E-state index is 0.385. The number of allylic oxidation sites excluding steroid dienone is 1. The van der Waals surface area contributed by atoms with Gasteiger partial charge < -0.3 is 4.74 Å². The molecule has 0 atom stereocenters. The van der Waals surface area contributed by atoms with E-state index in [9.17, 15) is 0 Å².